The minimum absolute atomic E-state index is 0.0215. The monoisotopic (exact) mass is 915 g/mol. The Morgan fingerprint density at radius 2 is 0.985 bits per heavy atom. The number of aryl methyl sites for hydroxylation is 2. The highest BCUT2D eigenvalue weighted by atomic mass is 16.5. The number of fused-ring (bicyclic) bond motifs is 2. The van der Waals surface area contributed by atoms with Crippen molar-refractivity contribution in [1.82, 2.24) is 41.7 Å². The molecule has 0 aromatic heterocycles. The van der Waals surface area contributed by atoms with Crippen molar-refractivity contribution in [3.05, 3.63) is 70.8 Å². The van der Waals surface area contributed by atoms with E-state index in [4.69, 9.17) is 9.47 Å². The molecule has 0 radical (unpaired) electrons. The van der Waals surface area contributed by atoms with Crippen LogP contribution in [0.1, 0.15) is 125 Å². The number of carbonyl (C=O) groups excluding carboxylic acids is 6. The van der Waals surface area contributed by atoms with Crippen LogP contribution in [0.5, 0.6) is 0 Å². The Bertz CT molecular complexity index is 1830. The van der Waals surface area contributed by atoms with Crippen LogP contribution in [0.3, 0.4) is 0 Å². The highest BCUT2D eigenvalue weighted by Crippen LogP contribution is 2.32. The number of hydrogen-bond donors (Lipinski definition) is 6. The Morgan fingerprint density at radius 3 is 1.39 bits per heavy atom. The molecule has 2 aliphatic heterocycles. The van der Waals surface area contributed by atoms with Crippen molar-refractivity contribution in [3.8, 4) is 0 Å². The van der Waals surface area contributed by atoms with Crippen molar-refractivity contribution in [3.63, 3.8) is 0 Å². The average molecular weight is 915 g/mol. The number of likely N-dealkylation sites (tertiary alicyclic amines) is 2. The van der Waals surface area contributed by atoms with Gasteiger partial charge in [0.25, 0.3) is 0 Å². The molecule has 66 heavy (non-hydrogen) atoms. The Morgan fingerprint density at radius 1 is 0.576 bits per heavy atom. The fourth-order valence-electron chi connectivity index (χ4n) is 9.72. The lowest BCUT2D eigenvalue weighted by Gasteiger charge is -2.32. The van der Waals surface area contributed by atoms with Crippen LogP contribution in [0.2, 0.25) is 0 Å². The second kappa shape index (κ2) is 25.3. The van der Waals surface area contributed by atoms with Gasteiger partial charge in [0.2, 0.25) is 35.4 Å². The van der Waals surface area contributed by atoms with Gasteiger partial charge in [0.1, 0.15) is 24.2 Å². The molecule has 2 saturated heterocycles. The van der Waals surface area contributed by atoms with Crippen LogP contribution in [0.4, 0.5) is 0 Å². The predicted molar refractivity (Wildman–Crippen MR) is 251 cm³/mol. The van der Waals surface area contributed by atoms with Gasteiger partial charge >= 0.3 is 0 Å². The zero-order valence-electron chi connectivity index (χ0n) is 39.5. The molecule has 16 heteroatoms. The number of unbranched alkanes of at least 4 members (excludes halogenated alkanes) is 3. The molecule has 0 unspecified atom stereocenters. The van der Waals surface area contributed by atoms with Crippen LogP contribution in [-0.2, 0) is 51.1 Å². The number of amides is 6. The second-order valence-electron chi connectivity index (χ2n) is 18.4. The van der Waals surface area contributed by atoms with Crippen LogP contribution in [0.15, 0.2) is 48.5 Å². The quantitative estimate of drug-likeness (QED) is 0.0902. The van der Waals surface area contributed by atoms with Crippen LogP contribution in [0.25, 0.3) is 0 Å². The minimum Gasteiger partial charge on any atom is -0.379 e. The predicted octanol–water partition coefficient (Wildman–Crippen LogP) is 3.14. The van der Waals surface area contributed by atoms with Crippen molar-refractivity contribution < 1.29 is 38.2 Å². The van der Waals surface area contributed by atoms with Gasteiger partial charge in [-0.2, -0.15) is 0 Å². The first-order valence-corrected chi connectivity index (χ1v) is 24.5. The summed E-state index contributed by atoms with van der Waals surface area (Å²) < 4.78 is 12.0. The molecule has 2 fully saturated rings. The molecule has 4 aliphatic rings. The molecule has 6 rings (SSSR count). The summed E-state index contributed by atoms with van der Waals surface area (Å²) in [5.74, 6) is -1.65. The van der Waals surface area contributed by atoms with Crippen molar-refractivity contribution in [2.24, 2.45) is 0 Å². The van der Waals surface area contributed by atoms with Crippen LogP contribution < -0.4 is 31.9 Å². The fourth-order valence-corrected chi connectivity index (χ4v) is 9.72. The average Bonchev–Trinajstić information content (AvgIpc) is 4.05. The van der Waals surface area contributed by atoms with E-state index in [0.29, 0.717) is 64.8 Å². The SMILES string of the molecule is CN[C@@H](C)C(=O)N[C@@H](COCCCCCCOC[C@H](NC(=O)[C@H](C)NC)C(=O)N1CCC[C@H]1C(=O)N[C@@H]1CCCc2ccccc21)C(=O)N1CCC[C@H]1C(=O)N[C@@H]1CCCc2ccccc21. The van der Waals surface area contributed by atoms with E-state index in [1.165, 1.54) is 11.1 Å². The maximum absolute atomic E-state index is 14.0. The number of carbonyl (C=O) groups is 6. The molecule has 0 bridgehead atoms. The summed E-state index contributed by atoms with van der Waals surface area (Å²) in [6, 6.07) is 12.0. The van der Waals surface area contributed by atoms with E-state index >= 15 is 0 Å². The number of benzene rings is 2. The molecule has 2 aromatic carbocycles. The number of ether oxygens (including phenoxy) is 2. The highest BCUT2D eigenvalue weighted by molar-refractivity contribution is 5.94. The van der Waals surface area contributed by atoms with Crippen molar-refractivity contribution >= 4 is 35.4 Å². The van der Waals surface area contributed by atoms with E-state index in [1.54, 1.807) is 37.7 Å². The molecule has 0 saturated carbocycles. The van der Waals surface area contributed by atoms with E-state index in [-0.39, 0.29) is 60.7 Å². The Kier molecular flexibility index (Phi) is 19.4. The Labute approximate surface area is 390 Å². The molecular formula is C50H74N8O8. The van der Waals surface area contributed by atoms with Gasteiger partial charge in [-0.25, -0.2) is 0 Å². The van der Waals surface area contributed by atoms with Crippen molar-refractivity contribution in [1.29, 1.82) is 0 Å². The van der Waals surface area contributed by atoms with Gasteiger partial charge < -0.3 is 51.2 Å². The van der Waals surface area contributed by atoms with E-state index < -0.39 is 36.3 Å². The first kappa shape index (κ1) is 50.5. The lowest BCUT2D eigenvalue weighted by molar-refractivity contribution is -0.143. The summed E-state index contributed by atoms with van der Waals surface area (Å²) in [6.45, 7) is 4.99. The molecule has 2 heterocycles. The van der Waals surface area contributed by atoms with Crippen molar-refractivity contribution in [2.45, 2.75) is 152 Å². The van der Waals surface area contributed by atoms with Gasteiger partial charge in [0, 0.05) is 26.3 Å². The largest absolute Gasteiger partial charge is 0.379 e. The third-order valence-corrected chi connectivity index (χ3v) is 13.8. The van der Waals surface area contributed by atoms with Gasteiger partial charge in [-0.15, -0.1) is 0 Å². The molecule has 8 atom stereocenters. The number of nitrogens with one attached hydrogen (secondary N) is 6. The smallest absolute Gasteiger partial charge is 0.248 e. The molecule has 0 spiro atoms. The third-order valence-electron chi connectivity index (χ3n) is 13.8. The topological polar surface area (TPSA) is 200 Å². The van der Waals surface area contributed by atoms with Gasteiger partial charge in [0.15, 0.2) is 0 Å². The van der Waals surface area contributed by atoms with Gasteiger partial charge in [0.05, 0.1) is 37.4 Å². The normalized spacial score (nSPS) is 22.0. The van der Waals surface area contributed by atoms with E-state index in [2.05, 4.69) is 56.2 Å². The summed E-state index contributed by atoms with van der Waals surface area (Å²) in [5.41, 5.74) is 4.76. The summed E-state index contributed by atoms with van der Waals surface area (Å²) in [5, 5.41) is 18.0. The third kappa shape index (κ3) is 13.4. The number of hydrogen-bond acceptors (Lipinski definition) is 10. The minimum atomic E-state index is -0.947. The molecule has 2 aromatic rings. The maximum atomic E-state index is 14.0. The first-order valence-electron chi connectivity index (χ1n) is 24.5. The zero-order valence-corrected chi connectivity index (χ0v) is 39.5. The van der Waals surface area contributed by atoms with Crippen molar-refractivity contribution in [2.75, 3.05) is 53.6 Å². The summed E-state index contributed by atoms with van der Waals surface area (Å²) in [7, 11) is 3.36. The molecule has 2 aliphatic carbocycles. The second-order valence-corrected chi connectivity index (χ2v) is 18.4. The lowest BCUT2D eigenvalue weighted by atomic mass is 9.87. The van der Waals surface area contributed by atoms with E-state index in [0.717, 1.165) is 62.5 Å². The molecule has 16 nitrogen and oxygen atoms in total. The van der Waals surface area contributed by atoms with Gasteiger partial charge in [-0.3, -0.25) is 28.8 Å². The number of rotatable bonds is 23. The number of likely N-dealkylation sites (N-methyl/N-ethyl adjacent to an activating group) is 2. The summed E-state index contributed by atoms with van der Waals surface area (Å²) >= 11 is 0. The zero-order chi connectivity index (χ0) is 47.0. The fraction of sp³-hybridized carbons (Fsp3) is 0.640. The van der Waals surface area contributed by atoms with E-state index in [1.807, 2.05) is 24.3 Å². The Balaban J connectivity index is 0.942. The molecule has 6 N–H and O–H groups in total. The van der Waals surface area contributed by atoms with Crippen LogP contribution in [0, 0.1) is 0 Å². The standard InChI is InChI=1S/C50H74N8O8/c1-33(51-3)45(59)55-41(49(63)57-27-15-25-43(57)47(61)53-39-23-13-19-35-17-7-9-21-37(35)39)31-65-29-11-5-6-12-30-66-32-42(56-46(60)34(2)52-4)50(64)58-28-16-26-44(58)48(62)54-40-24-14-20-36-18-8-10-22-38(36)40/h7-10,17-18,21-22,33-34,39-44,51-52H,5-6,11-16,19-20,23-32H2,1-4H3,(H,53,61)(H,54,62)(H,55,59)(H,56,60)/t33-,34-,39+,40+,41-,42-,43-,44-/m0/s1. The Hall–Kier alpha value is -4.90. The summed E-state index contributed by atoms with van der Waals surface area (Å²) in [6.07, 6.45) is 11.2. The van der Waals surface area contributed by atoms with Crippen LogP contribution >= 0.6 is 0 Å². The number of nitrogens with zero attached hydrogens (tertiary/aromatic N) is 2. The first-order chi connectivity index (χ1) is 32.0. The molecule has 362 valence electrons. The van der Waals surface area contributed by atoms with Crippen LogP contribution in [-0.4, -0.2) is 135 Å². The highest BCUT2D eigenvalue weighted by Gasteiger charge is 2.41. The van der Waals surface area contributed by atoms with Gasteiger partial charge in [-0.1, -0.05) is 61.4 Å². The molecular weight excluding hydrogens is 841 g/mol. The van der Waals surface area contributed by atoms with Gasteiger partial charge in [-0.05, 0) is 127 Å². The molecule has 6 amide bonds. The lowest BCUT2D eigenvalue weighted by Crippen LogP contribution is -2.57. The summed E-state index contributed by atoms with van der Waals surface area (Å²) in [4.78, 5) is 84.6. The van der Waals surface area contributed by atoms with E-state index in [9.17, 15) is 28.8 Å². The maximum Gasteiger partial charge on any atom is 0.248 e.